The molecule has 148 valence electrons. The van der Waals surface area contributed by atoms with Crippen molar-refractivity contribution in [1.29, 1.82) is 0 Å². The number of imide groups is 1. The number of rotatable bonds is 6. The van der Waals surface area contributed by atoms with Crippen LogP contribution in [0, 0.1) is 0 Å². The zero-order chi connectivity index (χ0) is 21.1. The maximum atomic E-state index is 12.8. The van der Waals surface area contributed by atoms with Gasteiger partial charge in [-0.25, -0.2) is 9.69 Å². The number of halogens is 1. The van der Waals surface area contributed by atoms with Gasteiger partial charge in [-0.05, 0) is 42.8 Å². The maximum Gasteiger partial charge on any atom is 0.338 e. The quantitative estimate of drug-likeness (QED) is 0.565. The molecule has 0 aliphatic carbocycles. The van der Waals surface area contributed by atoms with E-state index in [4.69, 9.17) is 16.3 Å². The van der Waals surface area contributed by atoms with Crippen LogP contribution < -0.4 is 15.3 Å². The molecule has 8 nitrogen and oxygen atoms in total. The van der Waals surface area contributed by atoms with E-state index in [1.54, 1.807) is 6.92 Å². The van der Waals surface area contributed by atoms with Crippen molar-refractivity contribution in [3.05, 3.63) is 70.4 Å². The van der Waals surface area contributed by atoms with Gasteiger partial charge in [0.25, 0.3) is 11.8 Å². The monoisotopic (exact) mass is 413 g/mol. The third kappa shape index (κ3) is 3.97. The molecule has 0 radical (unpaired) electrons. The minimum atomic E-state index is -1.39. The molecule has 1 heterocycles. The maximum absolute atomic E-state index is 12.8. The summed E-state index contributed by atoms with van der Waals surface area (Å²) in [5.41, 5.74) is 0.229. The Morgan fingerprint density at radius 3 is 2.45 bits per heavy atom. The van der Waals surface area contributed by atoms with Crippen molar-refractivity contribution >= 4 is 46.7 Å². The van der Waals surface area contributed by atoms with Gasteiger partial charge in [0.2, 0.25) is 0 Å². The average molecular weight is 414 g/mol. The number of anilines is 2. The van der Waals surface area contributed by atoms with Crippen molar-refractivity contribution in [2.24, 2.45) is 0 Å². The Balaban J connectivity index is 1.89. The molecule has 9 heteroatoms. The summed E-state index contributed by atoms with van der Waals surface area (Å²) in [6.45, 7) is 1.84. The van der Waals surface area contributed by atoms with Gasteiger partial charge in [-0.3, -0.25) is 9.59 Å². The molecule has 1 aliphatic heterocycles. The van der Waals surface area contributed by atoms with Crippen LogP contribution in [0.15, 0.2) is 59.3 Å². The summed E-state index contributed by atoms with van der Waals surface area (Å²) >= 11 is 6.06. The Hall–Kier alpha value is -3.65. The van der Waals surface area contributed by atoms with E-state index in [-0.39, 0.29) is 39.8 Å². The Morgan fingerprint density at radius 1 is 1.07 bits per heavy atom. The first-order valence-electron chi connectivity index (χ1n) is 8.47. The van der Waals surface area contributed by atoms with Crippen LogP contribution in [0.5, 0.6) is 0 Å². The van der Waals surface area contributed by atoms with Gasteiger partial charge in [0.1, 0.15) is 10.7 Å². The lowest BCUT2D eigenvalue weighted by molar-refractivity contribution is -0.255. The van der Waals surface area contributed by atoms with Crippen molar-refractivity contribution in [3.8, 4) is 0 Å². The third-order valence-electron chi connectivity index (χ3n) is 4.01. The van der Waals surface area contributed by atoms with Gasteiger partial charge in [0, 0.05) is 5.69 Å². The minimum Gasteiger partial charge on any atom is -0.545 e. The van der Waals surface area contributed by atoms with Crippen LogP contribution in [0.4, 0.5) is 11.4 Å². The van der Waals surface area contributed by atoms with Crippen molar-refractivity contribution in [1.82, 2.24) is 0 Å². The smallest absolute Gasteiger partial charge is 0.338 e. The standard InChI is InChI=1S/C20H15ClN2O6/c1-2-29-20(28)12-6-4-8-14(10-12)23-17(24)15(21)16(18(23)25)22-13-7-3-5-11(9-13)19(26)27/h3-10,22H,2H2,1H3,(H,26,27)/p-1. The number of hydrogen-bond acceptors (Lipinski definition) is 7. The highest BCUT2D eigenvalue weighted by atomic mass is 35.5. The highest BCUT2D eigenvalue weighted by molar-refractivity contribution is 6.53. The van der Waals surface area contributed by atoms with E-state index < -0.39 is 23.8 Å². The summed E-state index contributed by atoms with van der Waals surface area (Å²) in [7, 11) is 0. The van der Waals surface area contributed by atoms with Gasteiger partial charge in [0.05, 0.1) is 23.8 Å². The first-order chi connectivity index (χ1) is 13.8. The second-order valence-electron chi connectivity index (χ2n) is 5.90. The first-order valence-corrected chi connectivity index (χ1v) is 8.85. The van der Waals surface area contributed by atoms with Crippen LogP contribution in [0.3, 0.4) is 0 Å². The van der Waals surface area contributed by atoms with Crippen LogP contribution in [0.1, 0.15) is 27.6 Å². The highest BCUT2D eigenvalue weighted by Crippen LogP contribution is 2.30. The lowest BCUT2D eigenvalue weighted by atomic mass is 10.2. The van der Waals surface area contributed by atoms with Crippen LogP contribution in [-0.2, 0) is 14.3 Å². The largest absolute Gasteiger partial charge is 0.545 e. The number of nitrogens with zero attached hydrogens (tertiary/aromatic N) is 1. The SMILES string of the molecule is CCOC(=O)c1cccc(N2C(=O)C(Cl)=C(Nc3cccc(C(=O)[O-])c3)C2=O)c1. The molecule has 2 aromatic carbocycles. The van der Waals surface area contributed by atoms with Gasteiger partial charge < -0.3 is 20.0 Å². The molecule has 0 saturated carbocycles. The predicted molar refractivity (Wildman–Crippen MR) is 102 cm³/mol. The fourth-order valence-corrected chi connectivity index (χ4v) is 2.91. The van der Waals surface area contributed by atoms with E-state index >= 15 is 0 Å². The molecular weight excluding hydrogens is 400 g/mol. The molecule has 0 spiro atoms. The van der Waals surface area contributed by atoms with Gasteiger partial charge in [-0.2, -0.15) is 0 Å². The molecule has 0 aromatic heterocycles. The molecule has 3 rings (SSSR count). The normalized spacial score (nSPS) is 13.7. The van der Waals surface area contributed by atoms with Crippen LogP contribution in [-0.4, -0.2) is 30.4 Å². The van der Waals surface area contributed by atoms with Gasteiger partial charge in [-0.15, -0.1) is 0 Å². The first kappa shape index (κ1) is 20.1. The average Bonchev–Trinajstić information content (AvgIpc) is 2.92. The molecule has 29 heavy (non-hydrogen) atoms. The molecule has 2 amide bonds. The number of carboxylic acid groups (broad SMARTS) is 1. The fraction of sp³-hybridized carbons (Fsp3) is 0.100. The van der Waals surface area contributed by atoms with E-state index in [1.807, 2.05) is 0 Å². The Morgan fingerprint density at radius 2 is 1.76 bits per heavy atom. The second kappa shape index (κ2) is 8.15. The topological polar surface area (TPSA) is 116 Å². The molecule has 0 fully saturated rings. The number of esters is 1. The van der Waals surface area contributed by atoms with Crippen molar-refractivity contribution in [2.45, 2.75) is 6.92 Å². The summed E-state index contributed by atoms with van der Waals surface area (Å²) in [5.74, 6) is -3.51. The Bertz CT molecular complexity index is 1060. The number of nitrogens with one attached hydrogen (secondary N) is 1. The van der Waals surface area contributed by atoms with Crippen LogP contribution in [0.25, 0.3) is 0 Å². The molecule has 1 aliphatic rings. The van der Waals surface area contributed by atoms with E-state index in [9.17, 15) is 24.3 Å². The molecule has 0 unspecified atom stereocenters. The fourth-order valence-electron chi connectivity index (χ4n) is 2.70. The summed E-state index contributed by atoms with van der Waals surface area (Å²) in [6, 6.07) is 11.3. The molecule has 0 atom stereocenters. The molecule has 1 N–H and O–H groups in total. The van der Waals surface area contributed by atoms with Crippen LogP contribution >= 0.6 is 11.6 Å². The van der Waals surface area contributed by atoms with Crippen LogP contribution in [0.2, 0.25) is 0 Å². The van der Waals surface area contributed by atoms with Crippen molar-refractivity contribution in [2.75, 3.05) is 16.8 Å². The summed E-state index contributed by atoms with van der Waals surface area (Å²) in [5, 5.41) is 13.3. The lowest BCUT2D eigenvalue weighted by Gasteiger charge is -2.16. The van der Waals surface area contributed by atoms with Crippen molar-refractivity contribution < 1.29 is 29.0 Å². The molecule has 0 saturated heterocycles. The number of benzene rings is 2. The van der Waals surface area contributed by atoms with Gasteiger partial charge in [-0.1, -0.05) is 29.8 Å². The van der Waals surface area contributed by atoms with E-state index in [0.29, 0.717) is 0 Å². The highest BCUT2D eigenvalue weighted by Gasteiger charge is 2.39. The zero-order valence-electron chi connectivity index (χ0n) is 15.1. The number of carboxylic acids is 1. The number of carbonyl (C=O) groups is 4. The number of amides is 2. The van der Waals surface area contributed by atoms with Gasteiger partial charge >= 0.3 is 5.97 Å². The van der Waals surface area contributed by atoms with E-state index in [0.717, 1.165) is 4.90 Å². The second-order valence-corrected chi connectivity index (χ2v) is 6.28. The number of ether oxygens (including phenoxy) is 1. The molecular formula is C20H14ClN2O6-. The Kier molecular flexibility index (Phi) is 5.65. The number of carbonyl (C=O) groups excluding carboxylic acids is 4. The zero-order valence-corrected chi connectivity index (χ0v) is 15.9. The molecule has 0 bridgehead atoms. The Labute approximate surface area is 170 Å². The number of hydrogen-bond donors (Lipinski definition) is 1. The van der Waals surface area contributed by atoms with Gasteiger partial charge in [0.15, 0.2) is 0 Å². The molecule has 2 aromatic rings. The summed E-state index contributed by atoms with van der Waals surface area (Å²) in [6.07, 6.45) is 0. The summed E-state index contributed by atoms with van der Waals surface area (Å²) < 4.78 is 4.92. The third-order valence-corrected chi connectivity index (χ3v) is 4.36. The van der Waals surface area contributed by atoms with Crippen molar-refractivity contribution in [3.63, 3.8) is 0 Å². The summed E-state index contributed by atoms with van der Waals surface area (Å²) in [4.78, 5) is 49.1. The van der Waals surface area contributed by atoms with E-state index in [2.05, 4.69) is 5.32 Å². The minimum absolute atomic E-state index is 0.109. The van der Waals surface area contributed by atoms with E-state index in [1.165, 1.54) is 48.5 Å². The number of aromatic carboxylic acids is 1. The predicted octanol–water partition coefficient (Wildman–Crippen LogP) is 1.66. The lowest BCUT2D eigenvalue weighted by Crippen LogP contribution is -2.32.